The van der Waals surface area contributed by atoms with Crippen molar-refractivity contribution < 1.29 is 18.0 Å². The molecule has 0 aromatic heterocycles. The van der Waals surface area contributed by atoms with E-state index >= 15 is 0 Å². The summed E-state index contributed by atoms with van der Waals surface area (Å²) in [7, 11) is 0. The Balaban J connectivity index is 1.63. The Morgan fingerprint density at radius 2 is 2.10 bits per heavy atom. The smallest absolute Gasteiger partial charge is 0.271 e. The molecule has 3 aliphatic rings. The van der Waals surface area contributed by atoms with Crippen LogP contribution in [0.1, 0.15) is 45.4 Å². The van der Waals surface area contributed by atoms with Crippen molar-refractivity contribution >= 4 is 22.7 Å². The van der Waals surface area contributed by atoms with Crippen LogP contribution in [0.3, 0.4) is 0 Å². The molecule has 0 unspecified atom stereocenters. The van der Waals surface area contributed by atoms with Crippen LogP contribution in [0.25, 0.3) is 0 Å². The van der Waals surface area contributed by atoms with E-state index in [4.69, 9.17) is 0 Å². The van der Waals surface area contributed by atoms with Crippen LogP contribution < -0.4 is 0 Å². The molecule has 1 aliphatic heterocycles. The lowest BCUT2D eigenvalue weighted by atomic mass is 9.87. The first kappa shape index (κ1) is 14.4. The van der Waals surface area contributed by atoms with E-state index in [-0.39, 0.29) is 0 Å². The molecule has 2 nitrogen and oxygen atoms in total. The van der Waals surface area contributed by atoms with Gasteiger partial charge in [-0.15, -0.1) is 0 Å². The summed E-state index contributed by atoms with van der Waals surface area (Å²) in [4.78, 5) is 15.7. The van der Waals surface area contributed by atoms with Crippen LogP contribution in [0.5, 0.6) is 0 Å². The Bertz CT molecular complexity index is 462. The molecule has 0 aromatic rings. The second kappa shape index (κ2) is 4.75. The summed E-state index contributed by atoms with van der Waals surface area (Å²) in [5.74, 6) is 1.42. The summed E-state index contributed by atoms with van der Waals surface area (Å²) >= 11 is 1.04. The van der Waals surface area contributed by atoms with Crippen molar-refractivity contribution in [3.8, 4) is 0 Å². The molecular weight excluding hydrogens is 287 g/mol. The number of carbonyl (C=O) groups is 1. The maximum atomic E-state index is 12.6. The Morgan fingerprint density at radius 3 is 2.65 bits per heavy atom. The molecule has 0 spiro atoms. The van der Waals surface area contributed by atoms with E-state index in [1.807, 2.05) is 0 Å². The number of aliphatic imine (C=N–C) groups is 1. The zero-order valence-corrected chi connectivity index (χ0v) is 12.2. The van der Waals surface area contributed by atoms with Crippen LogP contribution in [0, 0.1) is 17.8 Å². The molecule has 0 radical (unpaired) electrons. The summed E-state index contributed by atoms with van der Waals surface area (Å²) in [5, 5.41) is 0.624. The number of thioether (sulfide) groups is 1. The second-order valence-electron chi connectivity index (χ2n) is 6.57. The van der Waals surface area contributed by atoms with Crippen molar-refractivity contribution in [2.45, 2.75) is 56.4 Å². The maximum Gasteiger partial charge on any atom is 0.390 e. The number of rotatable bonds is 3. The highest BCUT2D eigenvalue weighted by molar-refractivity contribution is 8.16. The van der Waals surface area contributed by atoms with Crippen LogP contribution in [0.15, 0.2) is 4.99 Å². The van der Waals surface area contributed by atoms with Gasteiger partial charge in [0, 0.05) is 0 Å². The average molecular weight is 305 g/mol. The lowest BCUT2D eigenvalue weighted by Crippen LogP contribution is -2.33. The number of hydrogen-bond acceptors (Lipinski definition) is 2. The van der Waals surface area contributed by atoms with Gasteiger partial charge in [0.25, 0.3) is 5.91 Å². The minimum absolute atomic E-state index is 0.529. The Kier molecular flexibility index (Phi) is 3.42. The van der Waals surface area contributed by atoms with Gasteiger partial charge >= 0.3 is 6.18 Å². The maximum absolute atomic E-state index is 12.6. The first-order valence-corrected chi connectivity index (χ1v) is 7.94. The first-order valence-electron chi connectivity index (χ1n) is 7.13. The van der Waals surface area contributed by atoms with Gasteiger partial charge in [-0.1, -0.05) is 18.2 Å². The molecule has 2 saturated carbocycles. The quantitative estimate of drug-likeness (QED) is 0.782. The third-order valence-corrected chi connectivity index (χ3v) is 6.14. The van der Waals surface area contributed by atoms with E-state index in [1.165, 1.54) is 26.2 Å². The average Bonchev–Trinajstić information content (AvgIpc) is 2.92. The number of fused-ring (bicyclic) bond motifs is 2. The summed E-state index contributed by atoms with van der Waals surface area (Å²) < 4.78 is 36.3. The van der Waals surface area contributed by atoms with Gasteiger partial charge in [0.15, 0.2) is 0 Å². The minimum Gasteiger partial charge on any atom is -0.271 e. The normalized spacial score (nSPS) is 40.5. The molecule has 112 valence electrons. The number of halogens is 3. The highest BCUT2D eigenvalue weighted by atomic mass is 32.2. The largest absolute Gasteiger partial charge is 0.390 e. The topological polar surface area (TPSA) is 29.4 Å². The predicted octanol–water partition coefficient (Wildman–Crippen LogP) is 4.20. The molecule has 4 atom stereocenters. The van der Waals surface area contributed by atoms with Gasteiger partial charge in [-0.05, 0) is 50.4 Å². The van der Waals surface area contributed by atoms with Crippen molar-refractivity contribution in [3.63, 3.8) is 0 Å². The third-order valence-electron chi connectivity index (χ3n) is 4.88. The standard InChI is InChI=1S/C14H18F3NOS/c1-13(7-14(15,16)17)12(19)18-11(20-13)6-10-5-8-2-3-9(10)4-8/h8-10H,2-7H2,1H3/t8-,9+,10-,13+/m1/s1. The number of amides is 1. The molecule has 2 aliphatic carbocycles. The van der Waals surface area contributed by atoms with E-state index in [0.29, 0.717) is 23.3 Å². The molecule has 1 heterocycles. The Hall–Kier alpha value is -0.520. The van der Waals surface area contributed by atoms with Crippen LogP contribution in [0.2, 0.25) is 0 Å². The summed E-state index contributed by atoms with van der Waals surface area (Å²) in [6, 6.07) is 0. The van der Waals surface area contributed by atoms with Crippen molar-refractivity contribution in [1.29, 1.82) is 0 Å². The van der Waals surface area contributed by atoms with Gasteiger partial charge in [-0.3, -0.25) is 4.79 Å². The van der Waals surface area contributed by atoms with Crippen LogP contribution >= 0.6 is 11.8 Å². The zero-order valence-electron chi connectivity index (χ0n) is 11.4. The Labute approximate surface area is 120 Å². The van der Waals surface area contributed by atoms with E-state index in [1.54, 1.807) is 0 Å². The summed E-state index contributed by atoms with van der Waals surface area (Å²) in [6.07, 6.45) is 0.240. The molecule has 20 heavy (non-hydrogen) atoms. The fraction of sp³-hybridized carbons (Fsp3) is 0.857. The van der Waals surface area contributed by atoms with E-state index in [0.717, 1.165) is 24.1 Å². The molecule has 2 bridgehead atoms. The molecule has 2 fully saturated rings. The number of alkyl halides is 3. The molecular formula is C14H18F3NOS. The highest BCUT2D eigenvalue weighted by Gasteiger charge is 2.50. The molecule has 0 N–H and O–H groups in total. The van der Waals surface area contributed by atoms with Gasteiger partial charge in [0.2, 0.25) is 0 Å². The molecule has 1 amide bonds. The summed E-state index contributed by atoms with van der Waals surface area (Å²) in [5.41, 5.74) is 0. The fourth-order valence-electron chi connectivity index (χ4n) is 3.99. The van der Waals surface area contributed by atoms with Crippen LogP contribution in [-0.2, 0) is 4.79 Å². The number of carbonyl (C=O) groups excluding carboxylic acids is 1. The van der Waals surface area contributed by atoms with Crippen molar-refractivity contribution in [3.05, 3.63) is 0 Å². The molecule has 6 heteroatoms. The number of hydrogen-bond donors (Lipinski definition) is 0. The third kappa shape index (κ3) is 2.76. The molecule has 0 aromatic carbocycles. The van der Waals surface area contributed by atoms with Crippen molar-refractivity contribution in [1.82, 2.24) is 0 Å². The van der Waals surface area contributed by atoms with E-state index in [9.17, 15) is 18.0 Å². The van der Waals surface area contributed by atoms with Gasteiger partial charge in [0.1, 0.15) is 4.75 Å². The van der Waals surface area contributed by atoms with Crippen molar-refractivity contribution in [2.24, 2.45) is 22.7 Å². The van der Waals surface area contributed by atoms with Crippen LogP contribution in [0.4, 0.5) is 13.2 Å². The first-order chi connectivity index (χ1) is 9.25. The minimum atomic E-state index is -4.32. The second-order valence-corrected chi connectivity index (χ2v) is 8.15. The summed E-state index contributed by atoms with van der Waals surface area (Å²) in [6.45, 7) is 1.37. The monoisotopic (exact) mass is 305 g/mol. The number of nitrogens with zero attached hydrogens (tertiary/aromatic N) is 1. The van der Waals surface area contributed by atoms with Gasteiger partial charge in [0.05, 0.1) is 11.5 Å². The van der Waals surface area contributed by atoms with E-state index in [2.05, 4.69) is 4.99 Å². The van der Waals surface area contributed by atoms with Crippen molar-refractivity contribution in [2.75, 3.05) is 0 Å². The zero-order chi connectivity index (χ0) is 14.5. The van der Waals surface area contributed by atoms with E-state index < -0.39 is 23.3 Å². The lowest BCUT2D eigenvalue weighted by molar-refractivity contribution is -0.147. The van der Waals surface area contributed by atoms with Gasteiger partial charge in [-0.25, -0.2) is 4.99 Å². The molecule has 3 rings (SSSR count). The van der Waals surface area contributed by atoms with Crippen LogP contribution in [-0.4, -0.2) is 21.9 Å². The predicted molar refractivity (Wildman–Crippen MR) is 72.7 cm³/mol. The lowest BCUT2D eigenvalue weighted by Gasteiger charge is -2.23. The fourth-order valence-corrected chi connectivity index (χ4v) is 5.31. The Morgan fingerprint density at radius 1 is 1.35 bits per heavy atom. The van der Waals surface area contributed by atoms with Gasteiger partial charge in [-0.2, -0.15) is 13.2 Å². The van der Waals surface area contributed by atoms with Gasteiger partial charge < -0.3 is 0 Å². The SMILES string of the molecule is C[C@@]1(CC(F)(F)F)SC(C[C@H]2C[C@@H]3CC[C@H]2C3)=NC1=O. The highest BCUT2D eigenvalue weighted by Crippen LogP contribution is 2.51. The molecule has 0 saturated heterocycles.